The fourth-order valence-electron chi connectivity index (χ4n) is 1.11. The van der Waals surface area contributed by atoms with E-state index in [4.69, 9.17) is 4.52 Å². The van der Waals surface area contributed by atoms with Crippen LogP contribution in [0.3, 0.4) is 0 Å². The summed E-state index contributed by atoms with van der Waals surface area (Å²) in [7, 11) is 0. The molecule has 1 aromatic heterocycles. The first-order valence-corrected chi connectivity index (χ1v) is 3.93. The van der Waals surface area contributed by atoms with Crippen LogP contribution in [-0.4, -0.2) is 10.1 Å². The average molecular weight is 176 g/mol. The smallest absolute Gasteiger partial charge is 0.362 e. The van der Waals surface area contributed by atoms with E-state index in [2.05, 4.69) is 10.1 Å². The molecule has 0 aliphatic rings. The summed E-state index contributed by atoms with van der Waals surface area (Å²) in [6.07, 6.45) is 0.541. The molecule has 66 valence electrons. The monoisotopic (exact) mass is 176 g/mol. The van der Waals surface area contributed by atoms with Crippen molar-refractivity contribution in [1.82, 2.24) is 10.1 Å². The Labute approximate surface area is 74.2 Å². The van der Waals surface area contributed by atoms with E-state index in [1.54, 1.807) is 0 Å². The number of hydrogen-bond acceptors (Lipinski definition) is 3. The molecule has 0 amide bonds. The lowest BCUT2D eigenvalue weighted by Crippen LogP contribution is -2.01. The van der Waals surface area contributed by atoms with E-state index in [-0.39, 0.29) is 0 Å². The summed E-state index contributed by atoms with van der Waals surface area (Å²) in [5, 5.41) is 2.15. The van der Waals surface area contributed by atoms with Crippen LogP contribution in [0.25, 0.3) is 0 Å². The molecular formula is C9H8N2O2. The van der Waals surface area contributed by atoms with Gasteiger partial charge in [-0.1, -0.05) is 30.3 Å². The van der Waals surface area contributed by atoms with Crippen molar-refractivity contribution in [1.29, 1.82) is 0 Å². The number of benzene rings is 1. The van der Waals surface area contributed by atoms with E-state index in [1.807, 2.05) is 30.3 Å². The largest absolute Gasteiger partial charge is 0.377 e. The Morgan fingerprint density at radius 3 is 2.69 bits per heavy atom. The second-order valence-corrected chi connectivity index (χ2v) is 2.68. The van der Waals surface area contributed by atoms with Crippen LogP contribution in [-0.2, 0) is 6.42 Å². The van der Waals surface area contributed by atoms with Gasteiger partial charge in [0.15, 0.2) is 0 Å². The third-order valence-corrected chi connectivity index (χ3v) is 1.68. The minimum Gasteiger partial charge on any atom is -0.362 e. The molecule has 13 heavy (non-hydrogen) atoms. The van der Waals surface area contributed by atoms with Gasteiger partial charge in [0.1, 0.15) is 0 Å². The highest BCUT2D eigenvalue weighted by molar-refractivity contribution is 5.17. The Balaban J connectivity index is 2.20. The normalized spacial score (nSPS) is 10.2. The van der Waals surface area contributed by atoms with Crippen molar-refractivity contribution in [3.8, 4) is 0 Å². The first-order chi connectivity index (χ1) is 6.34. The summed E-state index contributed by atoms with van der Waals surface area (Å²) in [4.78, 5) is 14.2. The molecule has 0 spiro atoms. The average Bonchev–Trinajstić information content (AvgIpc) is 2.53. The third kappa shape index (κ3) is 1.84. The zero-order valence-corrected chi connectivity index (χ0v) is 6.86. The molecule has 0 aliphatic heterocycles. The Bertz CT molecular complexity index is 430. The molecule has 0 fully saturated rings. The van der Waals surface area contributed by atoms with Crippen LogP contribution >= 0.6 is 0 Å². The minimum atomic E-state index is -0.439. The van der Waals surface area contributed by atoms with E-state index in [0.29, 0.717) is 12.3 Å². The second kappa shape index (κ2) is 3.26. The Morgan fingerprint density at radius 1 is 1.31 bits per heavy atom. The molecule has 1 heterocycles. The number of hydrogen-bond donors (Lipinski definition) is 1. The highest BCUT2D eigenvalue weighted by atomic mass is 16.5. The van der Waals surface area contributed by atoms with Gasteiger partial charge in [0, 0.05) is 0 Å². The number of nitrogens with one attached hydrogen (secondary N) is 1. The van der Waals surface area contributed by atoms with Gasteiger partial charge >= 0.3 is 5.69 Å². The maximum atomic E-state index is 10.6. The summed E-state index contributed by atoms with van der Waals surface area (Å²) in [5.74, 6) is 0.413. The van der Waals surface area contributed by atoms with Crippen LogP contribution in [0.4, 0.5) is 0 Å². The minimum absolute atomic E-state index is 0.413. The third-order valence-electron chi connectivity index (χ3n) is 1.68. The van der Waals surface area contributed by atoms with Crippen LogP contribution in [0.1, 0.15) is 11.5 Å². The zero-order valence-electron chi connectivity index (χ0n) is 6.86. The van der Waals surface area contributed by atoms with Gasteiger partial charge in [0.2, 0.25) is 5.89 Å². The van der Waals surface area contributed by atoms with Crippen molar-refractivity contribution in [2.45, 2.75) is 6.42 Å². The van der Waals surface area contributed by atoms with E-state index < -0.39 is 5.69 Å². The highest BCUT2D eigenvalue weighted by Gasteiger charge is 2.01. The molecule has 1 aromatic carbocycles. The number of aromatic nitrogens is 2. The Morgan fingerprint density at radius 2 is 2.08 bits per heavy atom. The van der Waals surface area contributed by atoms with Gasteiger partial charge in [-0.3, -0.25) is 0 Å². The first-order valence-electron chi connectivity index (χ1n) is 3.93. The lowest BCUT2D eigenvalue weighted by atomic mass is 10.2. The van der Waals surface area contributed by atoms with Crippen LogP contribution in [0.5, 0.6) is 0 Å². The number of nitrogens with zero attached hydrogens (tertiary/aromatic N) is 1. The summed E-state index contributed by atoms with van der Waals surface area (Å²) >= 11 is 0. The standard InChI is InChI=1S/C9H8N2O2/c12-9-10-8(13-11-9)6-7-4-2-1-3-5-7/h1-5H,6H2,(H,11,12). The van der Waals surface area contributed by atoms with Gasteiger partial charge in [-0.2, -0.15) is 10.1 Å². The SMILES string of the molecule is O=c1nc(Cc2ccccc2)o[nH]1. The van der Waals surface area contributed by atoms with Crippen LogP contribution in [0.15, 0.2) is 39.6 Å². The maximum absolute atomic E-state index is 10.6. The van der Waals surface area contributed by atoms with E-state index in [9.17, 15) is 4.79 Å². The maximum Gasteiger partial charge on any atom is 0.377 e. The zero-order chi connectivity index (χ0) is 9.10. The topological polar surface area (TPSA) is 58.9 Å². The molecule has 1 N–H and O–H groups in total. The Kier molecular flexibility index (Phi) is 1.96. The Hall–Kier alpha value is -1.84. The predicted molar refractivity (Wildman–Crippen MR) is 46.4 cm³/mol. The predicted octanol–water partition coefficient (Wildman–Crippen LogP) is 0.954. The molecule has 0 radical (unpaired) electrons. The van der Waals surface area contributed by atoms with Gasteiger partial charge < -0.3 is 4.52 Å². The van der Waals surface area contributed by atoms with E-state index in [0.717, 1.165) is 5.56 Å². The van der Waals surface area contributed by atoms with Crippen molar-refractivity contribution in [3.05, 3.63) is 52.3 Å². The number of H-pyrrole nitrogens is 1. The molecule has 0 saturated heterocycles. The quantitative estimate of drug-likeness (QED) is 0.741. The van der Waals surface area contributed by atoms with Gasteiger partial charge in [0.05, 0.1) is 6.42 Å². The van der Waals surface area contributed by atoms with Gasteiger partial charge in [-0.15, -0.1) is 0 Å². The van der Waals surface area contributed by atoms with Crippen LogP contribution in [0.2, 0.25) is 0 Å². The molecule has 2 aromatic rings. The molecule has 0 atom stereocenters. The van der Waals surface area contributed by atoms with Crippen molar-refractivity contribution in [2.24, 2.45) is 0 Å². The fraction of sp³-hybridized carbons (Fsp3) is 0.111. The molecule has 4 nitrogen and oxygen atoms in total. The fourth-order valence-corrected chi connectivity index (χ4v) is 1.11. The molecular weight excluding hydrogens is 168 g/mol. The summed E-state index contributed by atoms with van der Waals surface area (Å²) in [5.41, 5.74) is 0.628. The second-order valence-electron chi connectivity index (χ2n) is 2.68. The summed E-state index contributed by atoms with van der Waals surface area (Å²) in [6.45, 7) is 0. The molecule has 2 rings (SSSR count). The van der Waals surface area contributed by atoms with Crippen LogP contribution in [0, 0.1) is 0 Å². The number of rotatable bonds is 2. The lowest BCUT2D eigenvalue weighted by Gasteiger charge is -1.93. The lowest BCUT2D eigenvalue weighted by molar-refractivity contribution is 0.380. The van der Waals surface area contributed by atoms with Gasteiger partial charge in [0.25, 0.3) is 0 Å². The summed E-state index contributed by atoms with van der Waals surface area (Å²) < 4.78 is 4.82. The van der Waals surface area contributed by atoms with Crippen molar-refractivity contribution in [2.75, 3.05) is 0 Å². The van der Waals surface area contributed by atoms with Crippen molar-refractivity contribution < 1.29 is 4.52 Å². The highest BCUT2D eigenvalue weighted by Crippen LogP contribution is 2.03. The molecule has 0 bridgehead atoms. The van der Waals surface area contributed by atoms with E-state index in [1.165, 1.54) is 0 Å². The molecule has 0 saturated carbocycles. The van der Waals surface area contributed by atoms with Gasteiger partial charge in [-0.25, -0.2) is 4.79 Å². The first kappa shape index (κ1) is 7.79. The molecule has 4 heteroatoms. The van der Waals surface area contributed by atoms with Crippen molar-refractivity contribution in [3.63, 3.8) is 0 Å². The molecule has 0 aliphatic carbocycles. The van der Waals surface area contributed by atoms with E-state index >= 15 is 0 Å². The number of aromatic amines is 1. The van der Waals surface area contributed by atoms with Crippen molar-refractivity contribution >= 4 is 0 Å². The van der Waals surface area contributed by atoms with Crippen LogP contribution < -0.4 is 5.69 Å². The van der Waals surface area contributed by atoms with Gasteiger partial charge in [-0.05, 0) is 5.56 Å². The summed E-state index contributed by atoms with van der Waals surface area (Å²) in [6, 6.07) is 9.70. The molecule has 0 unspecified atom stereocenters.